The number of pyridine rings is 1. The standard InChI is InChI=1S/C16H24N2O2/c1-4-20-16(19)13-6-8-15(17-10-13)18-14-7-5-11(2)9-12(14)3/h6,8,10-12,14H,4-5,7,9H2,1-3H3,(H,17,18). The van der Waals surface area contributed by atoms with E-state index in [4.69, 9.17) is 4.74 Å². The van der Waals surface area contributed by atoms with Crippen LogP contribution in [0.4, 0.5) is 5.82 Å². The fourth-order valence-electron chi connectivity index (χ4n) is 2.88. The van der Waals surface area contributed by atoms with E-state index < -0.39 is 0 Å². The first-order valence-corrected chi connectivity index (χ1v) is 7.49. The minimum Gasteiger partial charge on any atom is -0.462 e. The van der Waals surface area contributed by atoms with Crippen molar-refractivity contribution in [3.8, 4) is 0 Å². The molecule has 0 aliphatic heterocycles. The lowest BCUT2D eigenvalue weighted by atomic mass is 9.80. The molecule has 3 atom stereocenters. The van der Waals surface area contributed by atoms with E-state index in [0.29, 0.717) is 24.1 Å². The molecular formula is C16H24N2O2. The van der Waals surface area contributed by atoms with E-state index in [1.165, 1.54) is 19.3 Å². The molecule has 0 bridgehead atoms. The molecule has 2 rings (SSSR count). The summed E-state index contributed by atoms with van der Waals surface area (Å²) in [6.07, 6.45) is 5.29. The Balaban J connectivity index is 1.95. The molecule has 1 aromatic rings. The van der Waals surface area contributed by atoms with E-state index in [-0.39, 0.29) is 5.97 Å². The molecule has 3 unspecified atom stereocenters. The highest BCUT2D eigenvalue weighted by Gasteiger charge is 2.25. The second kappa shape index (κ2) is 6.73. The van der Waals surface area contributed by atoms with Gasteiger partial charge in [-0.1, -0.05) is 13.8 Å². The lowest BCUT2D eigenvalue weighted by Crippen LogP contribution is -2.33. The predicted molar refractivity (Wildman–Crippen MR) is 79.8 cm³/mol. The van der Waals surface area contributed by atoms with E-state index in [0.717, 1.165) is 11.7 Å². The highest BCUT2D eigenvalue weighted by molar-refractivity contribution is 5.89. The van der Waals surface area contributed by atoms with Gasteiger partial charge in [0, 0.05) is 12.2 Å². The fraction of sp³-hybridized carbons (Fsp3) is 0.625. The number of nitrogens with one attached hydrogen (secondary N) is 1. The number of carbonyl (C=O) groups is 1. The Bertz CT molecular complexity index is 444. The summed E-state index contributed by atoms with van der Waals surface area (Å²) < 4.78 is 4.95. The average molecular weight is 276 g/mol. The summed E-state index contributed by atoms with van der Waals surface area (Å²) in [7, 11) is 0. The molecule has 110 valence electrons. The summed E-state index contributed by atoms with van der Waals surface area (Å²) in [5, 5.41) is 3.49. The minimum absolute atomic E-state index is 0.314. The molecule has 4 heteroatoms. The monoisotopic (exact) mass is 276 g/mol. The number of aromatic nitrogens is 1. The normalized spacial score (nSPS) is 26.1. The number of carbonyl (C=O) groups excluding carboxylic acids is 1. The maximum Gasteiger partial charge on any atom is 0.339 e. The van der Waals surface area contributed by atoms with Gasteiger partial charge < -0.3 is 10.1 Å². The molecule has 0 saturated heterocycles. The SMILES string of the molecule is CCOC(=O)c1ccc(NC2CCC(C)CC2C)nc1. The van der Waals surface area contributed by atoms with Gasteiger partial charge in [-0.3, -0.25) is 0 Å². The second-order valence-corrected chi connectivity index (χ2v) is 5.80. The van der Waals surface area contributed by atoms with Gasteiger partial charge in [-0.15, -0.1) is 0 Å². The van der Waals surface area contributed by atoms with E-state index in [9.17, 15) is 4.79 Å². The third-order valence-electron chi connectivity index (χ3n) is 4.04. The van der Waals surface area contributed by atoms with E-state index >= 15 is 0 Å². The Kier molecular flexibility index (Phi) is 4.99. The highest BCUT2D eigenvalue weighted by Crippen LogP contribution is 2.30. The van der Waals surface area contributed by atoms with Crippen molar-refractivity contribution in [1.82, 2.24) is 4.98 Å². The zero-order chi connectivity index (χ0) is 14.5. The number of anilines is 1. The summed E-state index contributed by atoms with van der Waals surface area (Å²) in [6, 6.07) is 4.10. The molecule has 1 N–H and O–H groups in total. The number of hydrogen-bond donors (Lipinski definition) is 1. The third-order valence-corrected chi connectivity index (χ3v) is 4.04. The number of rotatable bonds is 4. The van der Waals surface area contributed by atoms with Gasteiger partial charge >= 0.3 is 5.97 Å². The Morgan fingerprint density at radius 1 is 1.40 bits per heavy atom. The molecule has 0 amide bonds. The van der Waals surface area contributed by atoms with Crippen molar-refractivity contribution in [2.75, 3.05) is 11.9 Å². The first kappa shape index (κ1) is 14.8. The second-order valence-electron chi connectivity index (χ2n) is 5.80. The average Bonchev–Trinajstić information content (AvgIpc) is 2.43. The maximum atomic E-state index is 11.6. The molecule has 1 aliphatic rings. The largest absolute Gasteiger partial charge is 0.462 e. The first-order valence-electron chi connectivity index (χ1n) is 7.49. The van der Waals surface area contributed by atoms with Gasteiger partial charge in [-0.25, -0.2) is 9.78 Å². The predicted octanol–water partition coefficient (Wildman–Crippen LogP) is 3.49. The molecule has 0 radical (unpaired) electrons. The quantitative estimate of drug-likeness (QED) is 0.855. The maximum absolute atomic E-state index is 11.6. The van der Waals surface area contributed by atoms with Crippen molar-refractivity contribution in [2.24, 2.45) is 11.8 Å². The molecule has 1 saturated carbocycles. The Hall–Kier alpha value is -1.58. The summed E-state index contributed by atoms with van der Waals surface area (Å²) in [6.45, 7) is 6.79. The van der Waals surface area contributed by atoms with Crippen LogP contribution >= 0.6 is 0 Å². The van der Waals surface area contributed by atoms with Crippen molar-refractivity contribution in [3.63, 3.8) is 0 Å². The van der Waals surface area contributed by atoms with Crippen molar-refractivity contribution in [3.05, 3.63) is 23.9 Å². The molecule has 0 aromatic carbocycles. The summed E-state index contributed by atoms with van der Waals surface area (Å²) in [4.78, 5) is 15.9. The van der Waals surface area contributed by atoms with Crippen LogP contribution in [-0.2, 0) is 4.74 Å². The van der Waals surface area contributed by atoms with Crippen LogP contribution in [0, 0.1) is 11.8 Å². The van der Waals surface area contributed by atoms with Gasteiger partial charge in [-0.2, -0.15) is 0 Å². The topological polar surface area (TPSA) is 51.2 Å². The van der Waals surface area contributed by atoms with Crippen LogP contribution in [-0.4, -0.2) is 23.6 Å². The summed E-state index contributed by atoms with van der Waals surface area (Å²) in [5.41, 5.74) is 0.503. The third kappa shape index (κ3) is 3.71. The number of hydrogen-bond acceptors (Lipinski definition) is 4. The number of esters is 1. The minimum atomic E-state index is -0.314. The van der Waals surface area contributed by atoms with Crippen LogP contribution in [0.5, 0.6) is 0 Å². The van der Waals surface area contributed by atoms with Gasteiger partial charge in [0.05, 0.1) is 12.2 Å². The molecule has 0 spiro atoms. The molecule has 1 heterocycles. The van der Waals surface area contributed by atoms with Gasteiger partial charge in [0.25, 0.3) is 0 Å². The van der Waals surface area contributed by atoms with Crippen molar-refractivity contribution in [1.29, 1.82) is 0 Å². The lowest BCUT2D eigenvalue weighted by Gasteiger charge is -2.33. The van der Waals surface area contributed by atoms with Gasteiger partial charge in [0.1, 0.15) is 5.82 Å². The Morgan fingerprint density at radius 3 is 2.80 bits per heavy atom. The molecule has 4 nitrogen and oxygen atoms in total. The van der Waals surface area contributed by atoms with E-state index in [2.05, 4.69) is 24.1 Å². The Labute approximate surface area is 120 Å². The number of ether oxygens (including phenoxy) is 1. The van der Waals surface area contributed by atoms with Crippen LogP contribution in [0.1, 0.15) is 50.4 Å². The highest BCUT2D eigenvalue weighted by atomic mass is 16.5. The zero-order valence-corrected chi connectivity index (χ0v) is 12.6. The van der Waals surface area contributed by atoms with Crippen LogP contribution in [0.3, 0.4) is 0 Å². The fourth-order valence-corrected chi connectivity index (χ4v) is 2.88. The van der Waals surface area contributed by atoms with Crippen LogP contribution < -0.4 is 5.32 Å². The first-order chi connectivity index (χ1) is 9.60. The van der Waals surface area contributed by atoms with Crippen LogP contribution in [0.25, 0.3) is 0 Å². The van der Waals surface area contributed by atoms with Crippen LogP contribution in [0.2, 0.25) is 0 Å². The van der Waals surface area contributed by atoms with Gasteiger partial charge in [0.2, 0.25) is 0 Å². The lowest BCUT2D eigenvalue weighted by molar-refractivity contribution is 0.0526. The molecule has 1 aromatic heterocycles. The van der Waals surface area contributed by atoms with E-state index in [1.807, 2.05) is 6.07 Å². The van der Waals surface area contributed by atoms with Crippen molar-refractivity contribution in [2.45, 2.75) is 46.1 Å². The van der Waals surface area contributed by atoms with Gasteiger partial charge in [0.15, 0.2) is 0 Å². The molecular weight excluding hydrogens is 252 g/mol. The molecule has 1 fully saturated rings. The summed E-state index contributed by atoms with van der Waals surface area (Å²) >= 11 is 0. The zero-order valence-electron chi connectivity index (χ0n) is 12.6. The van der Waals surface area contributed by atoms with Gasteiger partial charge in [-0.05, 0) is 50.2 Å². The summed E-state index contributed by atoms with van der Waals surface area (Å²) in [5.74, 6) is 2.00. The molecule has 1 aliphatic carbocycles. The molecule has 20 heavy (non-hydrogen) atoms. The Morgan fingerprint density at radius 2 is 2.20 bits per heavy atom. The van der Waals surface area contributed by atoms with E-state index in [1.54, 1.807) is 19.2 Å². The number of nitrogens with zero attached hydrogens (tertiary/aromatic N) is 1. The van der Waals surface area contributed by atoms with Crippen molar-refractivity contribution < 1.29 is 9.53 Å². The van der Waals surface area contributed by atoms with Crippen molar-refractivity contribution >= 4 is 11.8 Å². The smallest absolute Gasteiger partial charge is 0.339 e. The van der Waals surface area contributed by atoms with Crippen LogP contribution in [0.15, 0.2) is 18.3 Å².